The zero-order valence-corrected chi connectivity index (χ0v) is 13.5. The summed E-state index contributed by atoms with van der Waals surface area (Å²) < 4.78 is 10.2. The summed E-state index contributed by atoms with van der Waals surface area (Å²) >= 11 is 6.04. The van der Waals surface area contributed by atoms with Crippen LogP contribution in [0.5, 0.6) is 5.75 Å². The normalized spacial score (nSPS) is 18.1. The van der Waals surface area contributed by atoms with E-state index >= 15 is 0 Å². The van der Waals surface area contributed by atoms with Gasteiger partial charge in [0.1, 0.15) is 5.75 Å². The number of nitrogens with zero attached hydrogens (tertiary/aromatic N) is 1. The van der Waals surface area contributed by atoms with Crippen molar-refractivity contribution in [2.75, 3.05) is 21.3 Å². The maximum absolute atomic E-state index is 12.2. The van der Waals surface area contributed by atoms with Crippen LogP contribution in [0.4, 0.5) is 4.79 Å². The van der Waals surface area contributed by atoms with Crippen LogP contribution in [0, 0.1) is 0 Å². The molecule has 1 aromatic rings. The number of amides is 2. The maximum Gasteiger partial charge on any atom is 0.337 e. The first kappa shape index (κ1) is 16.2. The molecule has 7 heteroatoms. The first-order valence-electron chi connectivity index (χ1n) is 6.57. The lowest BCUT2D eigenvalue weighted by Gasteiger charge is -2.33. The molecule has 1 atom stereocenters. The molecule has 118 valence electrons. The van der Waals surface area contributed by atoms with Crippen molar-refractivity contribution in [1.82, 2.24) is 10.2 Å². The summed E-state index contributed by atoms with van der Waals surface area (Å²) in [6.07, 6.45) is 0. The van der Waals surface area contributed by atoms with E-state index in [-0.39, 0.29) is 6.03 Å². The van der Waals surface area contributed by atoms with E-state index in [4.69, 9.17) is 21.1 Å². The maximum atomic E-state index is 12.2. The molecule has 1 heterocycles. The molecular weight excluding hydrogens is 308 g/mol. The lowest BCUT2D eigenvalue weighted by Crippen LogP contribution is -2.46. The molecule has 0 saturated carbocycles. The summed E-state index contributed by atoms with van der Waals surface area (Å²) in [7, 11) is 4.39. The van der Waals surface area contributed by atoms with Crippen LogP contribution in [0.15, 0.2) is 29.5 Å². The molecule has 2 amide bonds. The molecule has 1 aliphatic rings. The van der Waals surface area contributed by atoms with Crippen molar-refractivity contribution in [3.05, 3.63) is 40.1 Å². The Hall–Kier alpha value is -2.21. The summed E-state index contributed by atoms with van der Waals surface area (Å²) in [5.41, 5.74) is 1.45. The predicted octanol–water partition coefficient (Wildman–Crippen LogP) is 2.49. The van der Waals surface area contributed by atoms with Gasteiger partial charge in [-0.25, -0.2) is 9.59 Å². The van der Waals surface area contributed by atoms with Gasteiger partial charge in [-0.1, -0.05) is 11.6 Å². The minimum atomic E-state index is -0.690. The van der Waals surface area contributed by atoms with Crippen LogP contribution < -0.4 is 10.1 Å². The summed E-state index contributed by atoms with van der Waals surface area (Å²) in [5.74, 6) is 0.00448. The van der Waals surface area contributed by atoms with Gasteiger partial charge in [-0.05, 0) is 25.1 Å². The van der Waals surface area contributed by atoms with E-state index in [0.717, 1.165) is 0 Å². The molecule has 1 N–H and O–H groups in total. The Bertz CT molecular complexity index is 657. The largest absolute Gasteiger partial charge is 0.496 e. The smallest absolute Gasteiger partial charge is 0.337 e. The Kier molecular flexibility index (Phi) is 4.61. The van der Waals surface area contributed by atoms with E-state index in [0.29, 0.717) is 27.6 Å². The summed E-state index contributed by atoms with van der Waals surface area (Å²) in [6.45, 7) is 1.69. The molecule has 0 aromatic heterocycles. The summed E-state index contributed by atoms with van der Waals surface area (Å²) in [5, 5.41) is 3.25. The molecule has 0 bridgehead atoms. The van der Waals surface area contributed by atoms with Gasteiger partial charge in [0, 0.05) is 23.3 Å². The van der Waals surface area contributed by atoms with Crippen molar-refractivity contribution in [2.45, 2.75) is 13.0 Å². The van der Waals surface area contributed by atoms with E-state index in [1.807, 2.05) is 0 Å². The van der Waals surface area contributed by atoms with Gasteiger partial charge in [0.15, 0.2) is 0 Å². The molecule has 1 aromatic carbocycles. The number of ether oxygens (including phenoxy) is 2. The van der Waals surface area contributed by atoms with Gasteiger partial charge in [0.2, 0.25) is 0 Å². The number of hydrogen-bond donors (Lipinski definition) is 1. The van der Waals surface area contributed by atoms with E-state index in [1.54, 1.807) is 32.2 Å². The number of carbonyl (C=O) groups is 2. The summed E-state index contributed by atoms with van der Waals surface area (Å²) in [4.78, 5) is 25.6. The Morgan fingerprint density at radius 3 is 2.64 bits per heavy atom. The molecule has 0 saturated heterocycles. The number of benzene rings is 1. The van der Waals surface area contributed by atoms with E-state index in [2.05, 4.69) is 5.32 Å². The van der Waals surface area contributed by atoms with Crippen molar-refractivity contribution in [2.24, 2.45) is 0 Å². The minimum Gasteiger partial charge on any atom is -0.496 e. The molecule has 1 aliphatic heterocycles. The quantitative estimate of drug-likeness (QED) is 0.867. The lowest BCUT2D eigenvalue weighted by atomic mass is 9.94. The highest BCUT2D eigenvalue weighted by atomic mass is 35.5. The number of carbonyl (C=O) groups excluding carboxylic acids is 2. The zero-order chi connectivity index (χ0) is 16.4. The Morgan fingerprint density at radius 2 is 2.05 bits per heavy atom. The minimum absolute atomic E-state index is 0.322. The number of allylic oxidation sites excluding steroid dienone is 1. The highest BCUT2D eigenvalue weighted by Crippen LogP contribution is 2.36. The lowest BCUT2D eigenvalue weighted by molar-refractivity contribution is -0.136. The van der Waals surface area contributed by atoms with Gasteiger partial charge in [-0.15, -0.1) is 0 Å². The Balaban J connectivity index is 2.64. The fourth-order valence-electron chi connectivity index (χ4n) is 2.37. The number of methoxy groups -OCH3 is 2. The van der Waals surface area contributed by atoms with Crippen LogP contribution in [0.1, 0.15) is 18.5 Å². The third kappa shape index (κ3) is 2.74. The second kappa shape index (κ2) is 6.27. The fraction of sp³-hybridized carbons (Fsp3) is 0.333. The number of hydrogen-bond acceptors (Lipinski definition) is 4. The van der Waals surface area contributed by atoms with Crippen molar-refractivity contribution in [3.63, 3.8) is 0 Å². The van der Waals surface area contributed by atoms with Gasteiger partial charge in [-0.3, -0.25) is 0 Å². The second-order valence-electron chi connectivity index (χ2n) is 4.82. The van der Waals surface area contributed by atoms with Crippen molar-refractivity contribution >= 4 is 23.6 Å². The van der Waals surface area contributed by atoms with E-state index < -0.39 is 12.0 Å². The topological polar surface area (TPSA) is 67.9 Å². The van der Waals surface area contributed by atoms with Gasteiger partial charge < -0.3 is 19.7 Å². The molecule has 2 rings (SSSR count). The third-order valence-electron chi connectivity index (χ3n) is 3.66. The monoisotopic (exact) mass is 324 g/mol. The average molecular weight is 325 g/mol. The predicted molar refractivity (Wildman–Crippen MR) is 81.8 cm³/mol. The number of rotatable bonds is 3. The molecule has 1 unspecified atom stereocenters. The fourth-order valence-corrected chi connectivity index (χ4v) is 2.55. The second-order valence-corrected chi connectivity index (χ2v) is 5.25. The van der Waals surface area contributed by atoms with Crippen LogP contribution in [0.25, 0.3) is 0 Å². The molecular formula is C15H17ClN2O4. The van der Waals surface area contributed by atoms with E-state index in [1.165, 1.54) is 19.1 Å². The van der Waals surface area contributed by atoms with Crippen molar-refractivity contribution in [1.29, 1.82) is 0 Å². The number of nitrogens with one attached hydrogen (secondary N) is 1. The molecule has 0 radical (unpaired) electrons. The Morgan fingerprint density at radius 1 is 1.36 bits per heavy atom. The average Bonchev–Trinajstić information content (AvgIpc) is 2.51. The van der Waals surface area contributed by atoms with Crippen LogP contribution >= 0.6 is 11.6 Å². The van der Waals surface area contributed by atoms with Gasteiger partial charge in [0.05, 0.1) is 25.8 Å². The van der Waals surface area contributed by atoms with Crippen LogP contribution in [-0.4, -0.2) is 38.2 Å². The molecule has 0 fully saturated rings. The van der Waals surface area contributed by atoms with Gasteiger partial charge in [-0.2, -0.15) is 0 Å². The number of esters is 1. The summed E-state index contributed by atoms with van der Waals surface area (Å²) in [6, 6.07) is 4.01. The van der Waals surface area contributed by atoms with Crippen LogP contribution in [0.2, 0.25) is 5.02 Å². The first-order chi connectivity index (χ1) is 10.4. The standard InChI is InChI=1S/C15H17ClN2O4/c1-8-12(14(19)22-4)13(17-15(20)18(8)2)10-7-9(16)5-6-11(10)21-3/h5-7,13H,1-4H3,(H,17,20). The first-order valence-corrected chi connectivity index (χ1v) is 6.95. The van der Waals surface area contributed by atoms with Gasteiger partial charge >= 0.3 is 12.0 Å². The van der Waals surface area contributed by atoms with Crippen LogP contribution in [0.3, 0.4) is 0 Å². The Labute approximate surface area is 133 Å². The third-order valence-corrected chi connectivity index (χ3v) is 3.90. The SMILES string of the molecule is COC(=O)C1=C(C)N(C)C(=O)NC1c1cc(Cl)ccc1OC. The van der Waals surface area contributed by atoms with Gasteiger partial charge in [0.25, 0.3) is 0 Å². The van der Waals surface area contributed by atoms with Crippen molar-refractivity contribution < 1.29 is 19.1 Å². The van der Waals surface area contributed by atoms with Crippen molar-refractivity contribution in [3.8, 4) is 5.75 Å². The molecule has 22 heavy (non-hydrogen) atoms. The number of urea groups is 1. The van der Waals surface area contributed by atoms with E-state index in [9.17, 15) is 9.59 Å². The highest BCUT2D eigenvalue weighted by Gasteiger charge is 2.36. The molecule has 0 aliphatic carbocycles. The number of halogens is 1. The molecule has 6 nitrogen and oxygen atoms in total. The molecule has 0 spiro atoms. The highest BCUT2D eigenvalue weighted by molar-refractivity contribution is 6.30. The van der Waals surface area contributed by atoms with Crippen LogP contribution in [-0.2, 0) is 9.53 Å². The zero-order valence-electron chi connectivity index (χ0n) is 12.8.